The SMILES string of the molecule is O=C(Cn1ncc2ccc([N+](=O)[O-])cc21)Nc1ccc2c(c1)OCO2. The zero-order valence-electron chi connectivity index (χ0n) is 12.8. The molecule has 0 saturated heterocycles. The topological polar surface area (TPSA) is 109 Å². The van der Waals surface area contributed by atoms with E-state index in [1.165, 1.54) is 16.8 Å². The summed E-state index contributed by atoms with van der Waals surface area (Å²) in [5.74, 6) is 0.886. The molecule has 9 nitrogen and oxygen atoms in total. The van der Waals surface area contributed by atoms with Crippen LogP contribution in [-0.4, -0.2) is 27.4 Å². The summed E-state index contributed by atoms with van der Waals surface area (Å²) >= 11 is 0. The van der Waals surface area contributed by atoms with Crippen molar-refractivity contribution in [1.29, 1.82) is 0 Å². The maximum absolute atomic E-state index is 12.3. The van der Waals surface area contributed by atoms with Gasteiger partial charge in [-0.15, -0.1) is 0 Å². The number of nitro benzene ring substituents is 1. The van der Waals surface area contributed by atoms with E-state index in [-0.39, 0.29) is 24.9 Å². The van der Waals surface area contributed by atoms with E-state index in [0.29, 0.717) is 22.7 Å². The fraction of sp³-hybridized carbons (Fsp3) is 0.125. The Morgan fingerprint density at radius 3 is 2.92 bits per heavy atom. The number of anilines is 1. The highest BCUT2D eigenvalue weighted by Crippen LogP contribution is 2.34. The Bertz CT molecular complexity index is 997. The summed E-state index contributed by atoms with van der Waals surface area (Å²) < 4.78 is 11.9. The molecule has 0 bridgehead atoms. The van der Waals surface area contributed by atoms with Crippen LogP contribution in [0.25, 0.3) is 10.9 Å². The molecule has 2 aromatic carbocycles. The molecule has 1 amide bonds. The average Bonchev–Trinajstić information content (AvgIpc) is 3.21. The summed E-state index contributed by atoms with van der Waals surface area (Å²) in [6.45, 7) is 0.0872. The number of rotatable bonds is 4. The van der Waals surface area contributed by atoms with Crippen LogP contribution < -0.4 is 14.8 Å². The first-order valence-electron chi connectivity index (χ1n) is 7.39. The third-order valence-electron chi connectivity index (χ3n) is 3.79. The summed E-state index contributed by atoms with van der Waals surface area (Å²) in [5.41, 5.74) is 1.04. The van der Waals surface area contributed by atoms with Gasteiger partial charge in [0.25, 0.3) is 5.69 Å². The Labute approximate surface area is 140 Å². The van der Waals surface area contributed by atoms with Gasteiger partial charge in [-0.05, 0) is 18.2 Å². The van der Waals surface area contributed by atoms with Crippen LogP contribution in [0.5, 0.6) is 11.5 Å². The van der Waals surface area contributed by atoms with E-state index in [1.807, 2.05) is 0 Å². The van der Waals surface area contributed by atoms with Gasteiger partial charge in [0.05, 0.1) is 16.6 Å². The van der Waals surface area contributed by atoms with Crippen molar-refractivity contribution in [1.82, 2.24) is 9.78 Å². The zero-order chi connectivity index (χ0) is 17.4. The minimum atomic E-state index is -0.483. The van der Waals surface area contributed by atoms with E-state index >= 15 is 0 Å². The zero-order valence-corrected chi connectivity index (χ0v) is 12.8. The molecule has 1 aliphatic heterocycles. The van der Waals surface area contributed by atoms with Crippen LogP contribution in [0, 0.1) is 10.1 Å². The van der Waals surface area contributed by atoms with Crippen molar-refractivity contribution < 1.29 is 19.2 Å². The molecule has 25 heavy (non-hydrogen) atoms. The van der Waals surface area contributed by atoms with E-state index in [0.717, 1.165) is 5.39 Å². The third kappa shape index (κ3) is 2.82. The molecule has 0 unspecified atom stereocenters. The average molecular weight is 340 g/mol. The second kappa shape index (κ2) is 5.78. The van der Waals surface area contributed by atoms with Gasteiger partial charge in [0.15, 0.2) is 11.5 Å². The monoisotopic (exact) mass is 340 g/mol. The van der Waals surface area contributed by atoms with E-state index in [2.05, 4.69) is 10.4 Å². The van der Waals surface area contributed by atoms with E-state index in [9.17, 15) is 14.9 Å². The Morgan fingerprint density at radius 2 is 2.08 bits per heavy atom. The minimum Gasteiger partial charge on any atom is -0.454 e. The molecule has 2 heterocycles. The van der Waals surface area contributed by atoms with Gasteiger partial charge in [-0.3, -0.25) is 19.6 Å². The molecule has 0 radical (unpaired) electrons. The van der Waals surface area contributed by atoms with E-state index < -0.39 is 4.92 Å². The number of benzene rings is 2. The largest absolute Gasteiger partial charge is 0.454 e. The number of aromatic nitrogens is 2. The molecule has 0 aliphatic carbocycles. The van der Waals surface area contributed by atoms with Crippen molar-refractivity contribution in [3.8, 4) is 11.5 Å². The van der Waals surface area contributed by atoms with Crippen molar-refractivity contribution in [3.63, 3.8) is 0 Å². The second-order valence-corrected chi connectivity index (χ2v) is 5.42. The van der Waals surface area contributed by atoms with Crippen LogP contribution in [0.4, 0.5) is 11.4 Å². The predicted octanol–water partition coefficient (Wildman–Crippen LogP) is 2.31. The van der Waals surface area contributed by atoms with Crippen LogP contribution in [0.1, 0.15) is 0 Å². The first kappa shape index (κ1) is 14.9. The number of non-ortho nitro benzene ring substituents is 1. The molecule has 3 aromatic rings. The van der Waals surface area contributed by atoms with E-state index in [4.69, 9.17) is 9.47 Å². The molecule has 0 spiro atoms. The van der Waals surface area contributed by atoms with Crippen molar-refractivity contribution in [3.05, 3.63) is 52.7 Å². The van der Waals surface area contributed by atoms with Crippen LogP contribution in [0.15, 0.2) is 42.6 Å². The molecule has 1 aromatic heterocycles. The van der Waals surface area contributed by atoms with Crippen LogP contribution in [0.3, 0.4) is 0 Å². The number of carbonyl (C=O) groups is 1. The number of ether oxygens (including phenoxy) is 2. The van der Waals surface area contributed by atoms with Gasteiger partial charge in [-0.1, -0.05) is 0 Å². The lowest BCUT2D eigenvalue weighted by Gasteiger charge is -2.07. The van der Waals surface area contributed by atoms with Crippen molar-refractivity contribution in [2.24, 2.45) is 0 Å². The Kier molecular flexibility index (Phi) is 3.46. The minimum absolute atomic E-state index is 0.0505. The molecule has 0 atom stereocenters. The smallest absolute Gasteiger partial charge is 0.271 e. The Balaban J connectivity index is 1.53. The van der Waals surface area contributed by atoms with Crippen LogP contribution in [-0.2, 0) is 11.3 Å². The summed E-state index contributed by atoms with van der Waals surface area (Å²) in [5, 5.41) is 18.5. The number of nitrogens with zero attached hydrogens (tertiary/aromatic N) is 3. The number of hydrogen-bond acceptors (Lipinski definition) is 6. The number of fused-ring (bicyclic) bond motifs is 2. The molecule has 4 rings (SSSR count). The number of hydrogen-bond donors (Lipinski definition) is 1. The van der Waals surface area contributed by atoms with Gasteiger partial charge < -0.3 is 14.8 Å². The normalized spacial score (nSPS) is 12.3. The summed E-state index contributed by atoms with van der Waals surface area (Å²) in [6, 6.07) is 9.50. The number of carbonyl (C=O) groups excluding carboxylic acids is 1. The summed E-state index contributed by atoms with van der Waals surface area (Å²) in [6.07, 6.45) is 1.56. The van der Waals surface area contributed by atoms with Crippen molar-refractivity contribution >= 4 is 28.2 Å². The highest BCUT2D eigenvalue weighted by molar-refractivity contribution is 5.92. The maximum atomic E-state index is 12.3. The molecule has 126 valence electrons. The summed E-state index contributed by atoms with van der Waals surface area (Å²) in [4.78, 5) is 22.7. The quantitative estimate of drug-likeness (QED) is 0.577. The molecule has 0 fully saturated rings. The molecule has 0 saturated carbocycles. The first-order valence-corrected chi connectivity index (χ1v) is 7.39. The molecule has 1 N–H and O–H groups in total. The van der Waals surface area contributed by atoms with E-state index in [1.54, 1.807) is 30.5 Å². The molecular formula is C16H12N4O5. The summed E-state index contributed by atoms with van der Waals surface area (Å²) in [7, 11) is 0. The van der Waals surface area contributed by atoms with Gasteiger partial charge in [0.2, 0.25) is 12.7 Å². The van der Waals surface area contributed by atoms with Crippen molar-refractivity contribution in [2.45, 2.75) is 6.54 Å². The maximum Gasteiger partial charge on any atom is 0.271 e. The number of nitro groups is 1. The fourth-order valence-electron chi connectivity index (χ4n) is 2.61. The van der Waals surface area contributed by atoms with Gasteiger partial charge in [0, 0.05) is 29.3 Å². The fourth-order valence-corrected chi connectivity index (χ4v) is 2.61. The Hall–Kier alpha value is -3.62. The van der Waals surface area contributed by atoms with Crippen LogP contribution >= 0.6 is 0 Å². The van der Waals surface area contributed by atoms with Gasteiger partial charge in [0.1, 0.15) is 6.54 Å². The first-order chi connectivity index (χ1) is 12.1. The van der Waals surface area contributed by atoms with Gasteiger partial charge >= 0.3 is 0 Å². The van der Waals surface area contributed by atoms with Gasteiger partial charge in [-0.2, -0.15) is 5.10 Å². The molecular weight excluding hydrogens is 328 g/mol. The van der Waals surface area contributed by atoms with Gasteiger partial charge in [-0.25, -0.2) is 0 Å². The lowest BCUT2D eigenvalue weighted by molar-refractivity contribution is -0.384. The molecule has 9 heteroatoms. The lowest BCUT2D eigenvalue weighted by Crippen LogP contribution is -2.19. The highest BCUT2D eigenvalue weighted by Gasteiger charge is 2.15. The van der Waals surface area contributed by atoms with Crippen LogP contribution in [0.2, 0.25) is 0 Å². The lowest BCUT2D eigenvalue weighted by atomic mass is 10.2. The predicted molar refractivity (Wildman–Crippen MR) is 87.6 cm³/mol. The Morgan fingerprint density at radius 1 is 1.24 bits per heavy atom. The number of nitrogens with one attached hydrogen (secondary N) is 1. The highest BCUT2D eigenvalue weighted by atomic mass is 16.7. The molecule has 1 aliphatic rings. The standard InChI is InChI=1S/C16H12N4O5/c21-16(18-11-2-4-14-15(5-11)25-9-24-14)8-19-13-6-12(20(22)23)3-1-10(13)7-17-19/h1-7H,8-9H2,(H,18,21). The second-order valence-electron chi connectivity index (χ2n) is 5.42. The third-order valence-corrected chi connectivity index (χ3v) is 3.79. The number of amides is 1. The van der Waals surface area contributed by atoms with Crippen molar-refractivity contribution in [2.75, 3.05) is 12.1 Å².